The van der Waals surface area contributed by atoms with Crippen molar-refractivity contribution in [2.75, 3.05) is 25.2 Å². The average Bonchev–Trinajstić information content (AvgIpc) is 2.84. The first-order valence-corrected chi connectivity index (χ1v) is 10.5. The lowest BCUT2D eigenvalue weighted by atomic mass is 10.1. The van der Waals surface area contributed by atoms with Gasteiger partial charge in [-0.3, -0.25) is 14.4 Å². The molecule has 0 atom stereocenters. The zero-order valence-corrected chi connectivity index (χ0v) is 18.1. The first-order chi connectivity index (χ1) is 16.4. The molecule has 1 N–H and O–H groups in total. The number of fused-ring (bicyclic) bond motifs is 2. The van der Waals surface area contributed by atoms with Crippen LogP contribution in [0, 0.1) is 0 Å². The minimum Gasteiger partial charge on any atom is -0.507 e. The molecule has 0 spiro atoms. The summed E-state index contributed by atoms with van der Waals surface area (Å²) in [7, 11) is 1.61. The van der Waals surface area contributed by atoms with Gasteiger partial charge in [0.1, 0.15) is 34.0 Å². The van der Waals surface area contributed by atoms with Gasteiger partial charge < -0.3 is 23.9 Å². The number of aromatic hydroxyl groups is 1. The van der Waals surface area contributed by atoms with Gasteiger partial charge in [-0.05, 0) is 18.2 Å². The van der Waals surface area contributed by atoms with Gasteiger partial charge in [-0.2, -0.15) is 0 Å². The van der Waals surface area contributed by atoms with E-state index in [1.807, 2.05) is 18.2 Å². The number of anilines is 1. The van der Waals surface area contributed by atoms with Crippen LogP contribution in [0.4, 0.5) is 5.69 Å². The van der Waals surface area contributed by atoms with Crippen molar-refractivity contribution in [2.24, 2.45) is 0 Å². The maximum atomic E-state index is 12.7. The fraction of sp³-hybridized carbons (Fsp3) is 0.115. The second-order valence-electron chi connectivity index (χ2n) is 7.79. The molecule has 1 aliphatic rings. The Kier molecular flexibility index (Phi) is 5.25. The van der Waals surface area contributed by atoms with Crippen molar-refractivity contribution >= 4 is 28.3 Å². The minimum atomic E-state index is -0.393. The lowest BCUT2D eigenvalue weighted by Gasteiger charge is -2.26. The summed E-state index contributed by atoms with van der Waals surface area (Å²) in [6.07, 6.45) is 0. The molecule has 8 heteroatoms. The molecule has 34 heavy (non-hydrogen) atoms. The minimum absolute atomic E-state index is 0.0285. The number of Topliss-reactive ketones (excluding diaryl/α,β-unsaturated/α-hetero) is 1. The molecule has 3 aromatic carbocycles. The number of phenols is 1. The molecular weight excluding hydrogens is 438 g/mol. The van der Waals surface area contributed by atoms with E-state index in [1.165, 1.54) is 23.1 Å². The maximum Gasteiger partial charge on any atom is 0.264 e. The molecule has 0 saturated carbocycles. The van der Waals surface area contributed by atoms with Crippen molar-refractivity contribution in [1.82, 2.24) is 0 Å². The molecule has 0 unspecified atom stereocenters. The van der Waals surface area contributed by atoms with Gasteiger partial charge in [-0.25, -0.2) is 0 Å². The van der Waals surface area contributed by atoms with Gasteiger partial charge in [-0.1, -0.05) is 30.3 Å². The number of hydrogen-bond acceptors (Lipinski definition) is 7. The number of likely N-dealkylation sites (N-methyl/N-ethyl adjacent to an activating group) is 1. The monoisotopic (exact) mass is 457 g/mol. The Labute approximate surface area is 193 Å². The SMILES string of the molecule is CN1C(=O)COc2ccc(C(=O)COc3cc(O)c4c(=O)cc(-c5ccccc5)oc4c3)cc21. The standard InChI is InChI=1S/C26H19NO7/c1-27-18-9-16(7-8-22(18)33-14-25(27)31)21(30)13-32-17-10-19(28)26-20(29)12-23(34-24(26)11-17)15-5-3-2-4-6-15/h2-12,28H,13-14H2,1H3. The van der Waals surface area contributed by atoms with Crippen molar-refractivity contribution < 1.29 is 28.6 Å². The van der Waals surface area contributed by atoms with E-state index in [2.05, 4.69) is 0 Å². The van der Waals surface area contributed by atoms with Gasteiger partial charge in [0.2, 0.25) is 0 Å². The number of amides is 1. The lowest BCUT2D eigenvalue weighted by molar-refractivity contribution is -0.120. The average molecular weight is 457 g/mol. The number of carbonyl (C=O) groups is 2. The van der Waals surface area contributed by atoms with Gasteiger partial charge in [0.05, 0.1) is 5.69 Å². The number of rotatable bonds is 5. The summed E-state index contributed by atoms with van der Waals surface area (Å²) in [5, 5.41) is 10.4. The third-order valence-corrected chi connectivity index (χ3v) is 5.58. The largest absolute Gasteiger partial charge is 0.507 e. The van der Waals surface area contributed by atoms with Crippen LogP contribution in [0.25, 0.3) is 22.3 Å². The topological polar surface area (TPSA) is 106 Å². The number of hydrogen-bond donors (Lipinski definition) is 1. The second-order valence-corrected chi connectivity index (χ2v) is 7.79. The van der Waals surface area contributed by atoms with Gasteiger partial charge in [0, 0.05) is 36.4 Å². The van der Waals surface area contributed by atoms with Crippen LogP contribution in [0.1, 0.15) is 10.4 Å². The lowest BCUT2D eigenvalue weighted by Crippen LogP contribution is -2.35. The highest BCUT2D eigenvalue weighted by Crippen LogP contribution is 2.33. The molecule has 0 saturated heterocycles. The van der Waals surface area contributed by atoms with Gasteiger partial charge in [0.25, 0.3) is 5.91 Å². The smallest absolute Gasteiger partial charge is 0.264 e. The molecule has 1 aromatic heterocycles. The Bertz CT molecular complexity index is 1490. The van der Waals surface area contributed by atoms with E-state index >= 15 is 0 Å². The zero-order valence-electron chi connectivity index (χ0n) is 18.1. The Morgan fingerprint density at radius 3 is 2.65 bits per heavy atom. The molecule has 1 aliphatic heterocycles. The van der Waals surface area contributed by atoms with E-state index in [-0.39, 0.29) is 47.4 Å². The fourth-order valence-corrected chi connectivity index (χ4v) is 3.75. The normalized spacial score (nSPS) is 12.9. The van der Waals surface area contributed by atoms with Crippen molar-refractivity contribution in [2.45, 2.75) is 0 Å². The predicted octanol–water partition coefficient (Wildman–Crippen LogP) is 3.78. The molecule has 0 radical (unpaired) electrons. The highest BCUT2D eigenvalue weighted by Gasteiger charge is 2.23. The van der Waals surface area contributed by atoms with Crippen molar-refractivity contribution in [3.05, 3.63) is 82.5 Å². The highest BCUT2D eigenvalue weighted by molar-refractivity contribution is 6.02. The van der Waals surface area contributed by atoms with Crippen molar-refractivity contribution in [3.8, 4) is 28.6 Å². The van der Waals surface area contributed by atoms with Crippen LogP contribution in [0.2, 0.25) is 0 Å². The fourth-order valence-electron chi connectivity index (χ4n) is 3.75. The van der Waals surface area contributed by atoms with Crippen LogP contribution >= 0.6 is 0 Å². The summed E-state index contributed by atoms with van der Waals surface area (Å²) < 4.78 is 16.8. The molecule has 5 rings (SSSR count). The summed E-state index contributed by atoms with van der Waals surface area (Å²) in [5.74, 6) is 0.174. The Morgan fingerprint density at radius 2 is 1.85 bits per heavy atom. The Balaban J connectivity index is 1.40. The summed E-state index contributed by atoms with van der Waals surface area (Å²) in [6.45, 7) is -0.377. The number of ketones is 1. The van der Waals surface area contributed by atoms with Gasteiger partial charge >= 0.3 is 0 Å². The number of nitrogens with zero attached hydrogens (tertiary/aromatic N) is 1. The van der Waals surface area contributed by atoms with E-state index in [0.717, 1.165) is 0 Å². The third-order valence-electron chi connectivity index (χ3n) is 5.58. The molecule has 0 fully saturated rings. The molecule has 8 nitrogen and oxygen atoms in total. The number of phenolic OH excluding ortho intramolecular Hbond substituents is 1. The molecule has 4 aromatic rings. The first kappa shape index (κ1) is 21.3. The van der Waals surface area contributed by atoms with Crippen LogP contribution in [-0.2, 0) is 4.79 Å². The van der Waals surface area contributed by atoms with E-state index in [4.69, 9.17) is 13.9 Å². The second kappa shape index (κ2) is 8.40. The summed E-state index contributed by atoms with van der Waals surface area (Å²) >= 11 is 0. The Morgan fingerprint density at radius 1 is 1.06 bits per heavy atom. The molecular formula is C26H19NO7. The van der Waals surface area contributed by atoms with Crippen molar-refractivity contribution in [1.29, 1.82) is 0 Å². The molecule has 1 amide bonds. The predicted molar refractivity (Wildman–Crippen MR) is 125 cm³/mol. The summed E-state index contributed by atoms with van der Waals surface area (Å²) in [4.78, 5) is 38.6. The van der Waals surface area contributed by atoms with Crippen LogP contribution in [0.15, 0.2) is 75.9 Å². The number of benzene rings is 3. The van der Waals surface area contributed by atoms with E-state index in [9.17, 15) is 19.5 Å². The number of ether oxygens (including phenoxy) is 2. The molecule has 2 heterocycles. The van der Waals surface area contributed by atoms with Gasteiger partial charge in [0.15, 0.2) is 24.4 Å². The highest BCUT2D eigenvalue weighted by atomic mass is 16.5. The van der Waals surface area contributed by atoms with E-state index < -0.39 is 5.43 Å². The molecule has 0 bridgehead atoms. The maximum absolute atomic E-state index is 12.7. The van der Waals surface area contributed by atoms with E-state index in [0.29, 0.717) is 28.3 Å². The van der Waals surface area contributed by atoms with Crippen LogP contribution in [0.3, 0.4) is 0 Å². The van der Waals surface area contributed by atoms with Crippen LogP contribution < -0.4 is 19.8 Å². The van der Waals surface area contributed by atoms with E-state index in [1.54, 1.807) is 37.4 Å². The molecule has 0 aliphatic carbocycles. The van der Waals surface area contributed by atoms with Gasteiger partial charge in [-0.15, -0.1) is 0 Å². The molecule has 170 valence electrons. The van der Waals surface area contributed by atoms with Crippen molar-refractivity contribution in [3.63, 3.8) is 0 Å². The summed E-state index contributed by atoms with van der Waals surface area (Å²) in [5.41, 5.74) is 1.30. The Hall–Kier alpha value is -4.59. The summed E-state index contributed by atoms with van der Waals surface area (Å²) in [6, 6.07) is 17.9. The quantitative estimate of drug-likeness (QED) is 0.455. The van der Waals surface area contributed by atoms with Crippen LogP contribution in [0.5, 0.6) is 17.2 Å². The first-order valence-electron chi connectivity index (χ1n) is 10.5. The third kappa shape index (κ3) is 3.86. The number of carbonyl (C=O) groups excluding carboxylic acids is 2. The van der Waals surface area contributed by atoms with Crippen LogP contribution in [-0.4, -0.2) is 37.1 Å². The zero-order chi connectivity index (χ0) is 23.8.